The molecule has 0 saturated carbocycles. The van der Waals surface area contributed by atoms with Crippen LogP contribution in [0.5, 0.6) is 5.75 Å². The normalized spacial score (nSPS) is 12.7. The standard InChI is InChI=1S/C29H33N3O5S/c1-6-23(29(35)31-13-7-12-30-28(34)16(2)3)32-38(36,37)25-15-24(33)21-10-8-19-17(4)14-18(5)20-9-11-22(25)27(21)26(19)20/h8-11,14-15,23,32-33H,2,6-7,12-13H2,1,3-5H3,(H,30,34)(H,31,35). The van der Waals surface area contributed by atoms with Crippen molar-refractivity contribution < 1.29 is 23.1 Å². The van der Waals surface area contributed by atoms with Gasteiger partial charge in [-0.1, -0.05) is 37.8 Å². The number of nitrogens with one attached hydrogen (secondary N) is 3. The van der Waals surface area contributed by atoms with Crippen LogP contribution >= 0.6 is 0 Å². The van der Waals surface area contributed by atoms with Crippen LogP contribution in [-0.4, -0.2) is 44.5 Å². The van der Waals surface area contributed by atoms with Crippen molar-refractivity contribution in [2.24, 2.45) is 0 Å². The van der Waals surface area contributed by atoms with Gasteiger partial charge in [0.15, 0.2) is 0 Å². The number of phenols is 1. The maximum Gasteiger partial charge on any atom is 0.246 e. The molecule has 0 heterocycles. The zero-order valence-corrected chi connectivity index (χ0v) is 22.9. The summed E-state index contributed by atoms with van der Waals surface area (Å²) in [4.78, 5) is 24.3. The minimum Gasteiger partial charge on any atom is -0.507 e. The highest BCUT2D eigenvalue weighted by Gasteiger charge is 2.28. The van der Waals surface area contributed by atoms with Crippen molar-refractivity contribution >= 4 is 54.2 Å². The lowest BCUT2D eigenvalue weighted by molar-refractivity contribution is -0.122. The lowest BCUT2D eigenvalue weighted by atomic mass is 9.90. The van der Waals surface area contributed by atoms with E-state index in [0.717, 1.165) is 27.3 Å². The van der Waals surface area contributed by atoms with Crippen LogP contribution < -0.4 is 15.4 Å². The van der Waals surface area contributed by atoms with Gasteiger partial charge in [-0.3, -0.25) is 9.59 Å². The number of amides is 2. The Bertz CT molecular complexity index is 1660. The van der Waals surface area contributed by atoms with Gasteiger partial charge in [-0.2, -0.15) is 4.72 Å². The first-order valence-electron chi connectivity index (χ1n) is 12.6. The Morgan fingerprint density at radius 1 is 0.921 bits per heavy atom. The maximum atomic E-state index is 13.6. The second kappa shape index (κ2) is 10.6. The van der Waals surface area contributed by atoms with E-state index < -0.39 is 22.0 Å². The fourth-order valence-corrected chi connectivity index (χ4v) is 6.40. The Morgan fingerprint density at radius 3 is 2.08 bits per heavy atom. The molecule has 1 atom stereocenters. The molecule has 4 N–H and O–H groups in total. The molecule has 0 aliphatic heterocycles. The van der Waals surface area contributed by atoms with Crippen LogP contribution in [0, 0.1) is 13.8 Å². The fourth-order valence-electron chi connectivity index (χ4n) is 4.90. The third kappa shape index (κ3) is 5.04. The molecular formula is C29H33N3O5S. The molecule has 0 radical (unpaired) electrons. The number of phenolic OH excluding ortho intramolecular Hbond substituents is 1. The summed E-state index contributed by atoms with van der Waals surface area (Å²) < 4.78 is 29.7. The second-order valence-corrected chi connectivity index (χ2v) is 11.4. The van der Waals surface area contributed by atoms with Crippen molar-refractivity contribution in [2.45, 2.75) is 51.5 Å². The summed E-state index contributed by atoms with van der Waals surface area (Å²) in [6.45, 7) is 11.5. The first kappa shape index (κ1) is 27.3. The predicted molar refractivity (Wildman–Crippen MR) is 151 cm³/mol. The first-order chi connectivity index (χ1) is 18.0. The van der Waals surface area contributed by atoms with Crippen LogP contribution in [0.3, 0.4) is 0 Å². The topological polar surface area (TPSA) is 125 Å². The molecule has 0 bridgehead atoms. The molecule has 38 heavy (non-hydrogen) atoms. The fraction of sp³-hybridized carbons (Fsp3) is 0.310. The molecular weight excluding hydrogens is 502 g/mol. The van der Waals surface area contributed by atoms with Crippen LogP contribution in [0.4, 0.5) is 0 Å². The van der Waals surface area contributed by atoms with Crippen molar-refractivity contribution in [3.8, 4) is 5.75 Å². The van der Waals surface area contributed by atoms with Crippen molar-refractivity contribution in [3.63, 3.8) is 0 Å². The summed E-state index contributed by atoms with van der Waals surface area (Å²) in [6.07, 6.45) is 0.712. The molecule has 1 unspecified atom stereocenters. The van der Waals surface area contributed by atoms with Gasteiger partial charge >= 0.3 is 0 Å². The van der Waals surface area contributed by atoms with Crippen LogP contribution in [0.25, 0.3) is 32.3 Å². The Balaban J connectivity index is 1.62. The van der Waals surface area contributed by atoms with Crippen LogP contribution in [0.2, 0.25) is 0 Å². The van der Waals surface area contributed by atoms with E-state index in [1.807, 2.05) is 32.0 Å². The molecule has 8 nitrogen and oxygen atoms in total. The van der Waals surface area contributed by atoms with E-state index in [2.05, 4.69) is 28.0 Å². The Morgan fingerprint density at radius 2 is 1.47 bits per heavy atom. The summed E-state index contributed by atoms with van der Waals surface area (Å²) in [6, 6.07) is 9.78. The number of benzene rings is 4. The Hall–Kier alpha value is -3.69. The summed E-state index contributed by atoms with van der Waals surface area (Å²) in [5.74, 6) is -0.853. The highest BCUT2D eigenvalue weighted by Crippen LogP contribution is 2.43. The van der Waals surface area contributed by atoms with Gasteiger partial charge in [0, 0.05) is 40.9 Å². The lowest BCUT2D eigenvalue weighted by Crippen LogP contribution is -2.46. The zero-order valence-electron chi connectivity index (χ0n) is 22.1. The number of hydrogen-bond acceptors (Lipinski definition) is 5. The molecule has 4 aromatic rings. The van der Waals surface area contributed by atoms with Crippen molar-refractivity contribution in [1.82, 2.24) is 15.4 Å². The minimum atomic E-state index is -4.18. The van der Waals surface area contributed by atoms with Crippen molar-refractivity contribution in [3.05, 3.63) is 59.7 Å². The number of carbonyl (C=O) groups is 2. The maximum absolute atomic E-state index is 13.6. The van der Waals surface area contributed by atoms with Crippen LogP contribution in [-0.2, 0) is 19.6 Å². The van der Waals surface area contributed by atoms with Gasteiger partial charge in [-0.15, -0.1) is 0 Å². The number of aryl methyl sites for hydroxylation is 2. The molecule has 0 fully saturated rings. The number of sulfonamides is 1. The zero-order chi connectivity index (χ0) is 27.8. The van der Waals surface area contributed by atoms with Gasteiger partial charge < -0.3 is 15.7 Å². The van der Waals surface area contributed by atoms with E-state index >= 15 is 0 Å². The summed E-state index contributed by atoms with van der Waals surface area (Å²) >= 11 is 0. The third-order valence-electron chi connectivity index (χ3n) is 6.89. The quantitative estimate of drug-likeness (QED) is 0.138. The number of hydrogen-bond donors (Lipinski definition) is 4. The number of carbonyl (C=O) groups excluding carboxylic acids is 2. The van der Waals surface area contributed by atoms with E-state index in [9.17, 15) is 23.1 Å². The average Bonchev–Trinajstić information content (AvgIpc) is 2.87. The van der Waals surface area contributed by atoms with Gasteiger partial charge in [0.05, 0.1) is 4.90 Å². The van der Waals surface area contributed by atoms with Gasteiger partial charge in [0.25, 0.3) is 0 Å². The predicted octanol–water partition coefficient (Wildman–Crippen LogP) is 4.16. The third-order valence-corrected chi connectivity index (χ3v) is 8.40. The molecule has 4 rings (SSSR count). The van der Waals surface area contributed by atoms with Gasteiger partial charge in [0.2, 0.25) is 21.8 Å². The average molecular weight is 536 g/mol. The number of rotatable bonds is 10. The molecule has 0 aliphatic carbocycles. The van der Waals surface area contributed by atoms with Crippen LogP contribution in [0.15, 0.2) is 53.4 Å². The van der Waals surface area contributed by atoms with E-state index in [1.165, 1.54) is 6.07 Å². The minimum absolute atomic E-state index is 0.0789. The van der Waals surface area contributed by atoms with Crippen LogP contribution in [0.1, 0.15) is 37.8 Å². The second-order valence-electron chi connectivity index (χ2n) is 9.74. The van der Waals surface area contributed by atoms with E-state index in [1.54, 1.807) is 19.9 Å². The molecule has 0 saturated heterocycles. The lowest BCUT2D eigenvalue weighted by Gasteiger charge is -2.20. The monoisotopic (exact) mass is 535 g/mol. The molecule has 2 amide bonds. The van der Waals surface area contributed by atoms with Crippen molar-refractivity contribution in [1.29, 1.82) is 0 Å². The van der Waals surface area contributed by atoms with Gasteiger partial charge in [-0.25, -0.2) is 8.42 Å². The summed E-state index contributed by atoms with van der Waals surface area (Å²) in [5.41, 5.74) is 2.53. The van der Waals surface area contributed by atoms with E-state index in [4.69, 9.17) is 0 Å². The van der Waals surface area contributed by atoms with Crippen molar-refractivity contribution in [2.75, 3.05) is 13.1 Å². The smallest absolute Gasteiger partial charge is 0.246 e. The Labute approximate surface area is 222 Å². The van der Waals surface area contributed by atoms with E-state index in [0.29, 0.717) is 34.7 Å². The molecule has 200 valence electrons. The van der Waals surface area contributed by atoms with E-state index in [-0.39, 0.29) is 29.5 Å². The SMILES string of the molecule is C=C(C)C(=O)NCCCNC(=O)C(CC)NS(=O)(=O)c1cc(O)c2ccc3c(C)cc(C)c4ccc1c2c34. The largest absolute Gasteiger partial charge is 0.507 e. The summed E-state index contributed by atoms with van der Waals surface area (Å²) in [7, 11) is -4.18. The molecule has 0 spiro atoms. The number of aromatic hydroxyl groups is 1. The van der Waals surface area contributed by atoms with Gasteiger partial charge in [-0.05, 0) is 67.0 Å². The molecule has 4 aromatic carbocycles. The molecule has 9 heteroatoms. The first-order valence-corrected chi connectivity index (χ1v) is 14.1. The molecule has 0 aromatic heterocycles. The highest BCUT2D eigenvalue weighted by molar-refractivity contribution is 7.89. The summed E-state index contributed by atoms with van der Waals surface area (Å²) in [5, 5.41) is 20.9. The highest BCUT2D eigenvalue weighted by atomic mass is 32.2. The van der Waals surface area contributed by atoms with Gasteiger partial charge in [0.1, 0.15) is 11.8 Å². The molecule has 0 aliphatic rings. The Kier molecular flexibility index (Phi) is 7.62.